The van der Waals surface area contributed by atoms with E-state index in [1.165, 1.54) is 12.2 Å². The van der Waals surface area contributed by atoms with Gasteiger partial charge in [-0.15, -0.1) is 0 Å². The van der Waals surface area contributed by atoms with Crippen LogP contribution in [0.5, 0.6) is 0 Å². The zero-order valence-corrected chi connectivity index (χ0v) is 16.1. The number of nitrogens with two attached hydrogens (primary N) is 1. The van der Waals surface area contributed by atoms with E-state index in [1.54, 1.807) is 0 Å². The highest BCUT2D eigenvalue weighted by molar-refractivity contribution is 7.57. The first-order valence-electron chi connectivity index (χ1n) is 8.46. The van der Waals surface area contributed by atoms with Crippen LogP contribution in [0.4, 0.5) is 0 Å². The lowest BCUT2D eigenvalue weighted by molar-refractivity contribution is -0.178. The molecule has 7 nitrogen and oxygen atoms in total. The maximum atomic E-state index is 12.3. The second-order valence-electron chi connectivity index (χ2n) is 6.67. The van der Waals surface area contributed by atoms with E-state index in [-0.39, 0.29) is 12.7 Å². The number of hydroxylamine groups is 2. The van der Waals surface area contributed by atoms with Crippen molar-refractivity contribution in [1.29, 1.82) is 0 Å². The third kappa shape index (κ3) is 8.12. The van der Waals surface area contributed by atoms with Gasteiger partial charge in [0.2, 0.25) is 7.37 Å². The molecule has 0 aromatic heterocycles. The molecule has 1 rings (SSSR count). The SMILES string of the molecule is CC(C)c1ccc(CC(=O)N(O)C(CCCN)NCP(C)(=O)O)cc1. The molecule has 0 fully saturated rings. The molecule has 2 atom stereocenters. The van der Waals surface area contributed by atoms with E-state index < -0.39 is 19.4 Å². The number of benzene rings is 1. The van der Waals surface area contributed by atoms with Crippen molar-refractivity contribution >= 4 is 13.3 Å². The van der Waals surface area contributed by atoms with Gasteiger partial charge in [0.1, 0.15) is 6.17 Å². The minimum Gasteiger partial charge on any atom is -0.344 e. The molecule has 8 heteroatoms. The predicted molar refractivity (Wildman–Crippen MR) is 98.7 cm³/mol. The van der Waals surface area contributed by atoms with Gasteiger partial charge in [0.15, 0.2) is 0 Å². The molecule has 1 amide bonds. The molecule has 0 bridgehead atoms. The highest BCUT2D eigenvalue weighted by Crippen LogP contribution is 2.33. The average molecular weight is 371 g/mol. The molecule has 25 heavy (non-hydrogen) atoms. The van der Waals surface area contributed by atoms with Crippen LogP contribution in [0.1, 0.15) is 43.7 Å². The first-order valence-corrected chi connectivity index (χ1v) is 10.8. The minimum atomic E-state index is -3.29. The summed E-state index contributed by atoms with van der Waals surface area (Å²) in [6, 6.07) is 7.69. The van der Waals surface area contributed by atoms with Gasteiger partial charge in [-0.05, 0) is 36.4 Å². The van der Waals surface area contributed by atoms with Gasteiger partial charge in [-0.25, -0.2) is 5.06 Å². The van der Waals surface area contributed by atoms with E-state index in [9.17, 15) is 19.5 Å². The normalized spacial score (nSPS) is 15.0. The summed E-state index contributed by atoms with van der Waals surface area (Å²) in [5.41, 5.74) is 7.46. The van der Waals surface area contributed by atoms with Crippen LogP contribution in [-0.2, 0) is 15.8 Å². The molecule has 0 aliphatic carbocycles. The van der Waals surface area contributed by atoms with Gasteiger partial charge < -0.3 is 10.6 Å². The number of carbonyl (C=O) groups excluding carboxylic acids is 1. The molecule has 142 valence electrons. The number of carbonyl (C=O) groups is 1. The van der Waals surface area contributed by atoms with Crippen LogP contribution in [-0.4, -0.2) is 46.7 Å². The summed E-state index contributed by atoms with van der Waals surface area (Å²) in [5.74, 6) is -0.0668. The Bertz CT molecular complexity index is 586. The predicted octanol–water partition coefficient (Wildman–Crippen LogP) is 2.08. The number of hydrogen-bond acceptors (Lipinski definition) is 5. The third-order valence-electron chi connectivity index (χ3n) is 3.85. The fraction of sp³-hybridized carbons (Fsp3) is 0.588. The molecule has 0 saturated carbocycles. The summed E-state index contributed by atoms with van der Waals surface area (Å²) in [4.78, 5) is 21.7. The van der Waals surface area contributed by atoms with Crippen molar-refractivity contribution in [3.8, 4) is 0 Å². The Morgan fingerprint density at radius 2 is 1.92 bits per heavy atom. The van der Waals surface area contributed by atoms with Gasteiger partial charge >= 0.3 is 0 Å². The van der Waals surface area contributed by atoms with E-state index in [0.29, 0.717) is 30.4 Å². The Kier molecular flexibility index (Phi) is 8.76. The quantitative estimate of drug-likeness (QED) is 0.217. The molecular weight excluding hydrogens is 341 g/mol. The second-order valence-corrected chi connectivity index (χ2v) is 9.09. The molecule has 0 spiro atoms. The van der Waals surface area contributed by atoms with E-state index >= 15 is 0 Å². The van der Waals surface area contributed by atoms with Gasteiger partial charge in [0.25, 0.3) is 5.91 Å². The van der Waals surface area contributed by atoms with Gasteiger partial charge in [0, 0.05) is 6.66 Å². The van der Waals surface area contributed by atoms with E-state index in [0.717, 1.165) is 5.56 Å². The van der Waals surface area contributed by atoms with Crippen LogP contribution in [0, 0.1) is 0 Å². The summed E-state index contributed by atoms with van der Waals surface area (Å²) in [7, 11) is -3.29. The zero-order valence-electron chi connectivity index (χ0n) is 15.2. The first kappa shape index (κ1) is 21.8. The van der Waals surface area contributed by atoms with Crippen molar-refractivity contribution in [1.82, 2.24) is 10.4 Å². The van der Waals surface area contributed by atoms with Crippen molar-refractivity contribution in [2.24, 2.45) is 5.73 Å². The highest BCUT2D eigenvalue weighted by Gasteiger charge is 2.23. The summed E-state index contributed by atoms with van der Waals surface area (Å²) in [5, 5.41) is 13.6. The summed E-state index contributed by atoms with van der Waals surface area (Å²) in [6.45, 7) is 5.81. The topological polar surface area (TPSA) is 116 Å². The zero-order chi connectivity index (χ0) is 19.0. The molecule has 0 aliphatic heterocycles. The Hall–Kier alpha value is -1.24. The average Bonchev–Trinajstić information content (AvgIpc) is 2.54. The number of nitrogens with one attached hydrogen (secondary N) is 1. The third-order valence-corrected chi connectivity index (χ3v) is 4.62. The Labute approximate surface area is 149 Å². The van der Waals surface area contributed by atoms with Gasteiger partial charge in [-0.1, -0.05) is 38.1 Å². The highest BCUT2D eigenvalue weighted by atomic mass is 31.2. The lowest BCUT2D eigenvalue weighted by Crippen LogP contribution is -2.48. The number of hydrogen-bond donors (Lipinski definition) is 4. The fourth-order valence-corrected chi connectivity index (χ4v) is 2.90. The first-order chi connectivity index (χ1) is 11.6. The van der Waals surface area contributed by atoms with Crippen molar-refractivity contribution in [2.75, 3.05) is 19.5 Å². The number of rotatable bonds is 10. The Balaban J connectivity index is 2.72. The van der Waals surface area contributed by atoms with Crippen molar-refractivity contribution in [3.63, 3.8) is 0 Å². The van der Waals surface area contributed by atoms with Crippen molar-refractivity contribution in [2.45, 2.75) is 45.2 Å². The lowest BCUT2D eigenvalue weighted by Gasteiger charge is -2.27. The smallest absolute Gasteiger partial charge is 0.251 e. The van der Waals surface area contributed by atoms with Crippen LogP contribution >= 0.6 is 7.37 Å². The molecule has 1 aromatic rings. The van der Waals surface area contributed by atoms with E-state index in [4.69, 9.17) is 5.73 Å². The number of nitrogens with zero attached hydrogens (tertiary/aromatic N) is 1. The molecule has 0 aliphatic rings. The summed E-state index contributed by atoms with van der Waals surface area (Å²) >= 11 is 0. The van der Waals surface area contributed by atoms with Gasteiger partial charge in [-0.2, -0.15) is 0 Å². The van der Waals surface area contributed by atoms with Gasteiger partial charge in [-0.3, -0.25) is 19.9 Å². The van der Waals surface area contributed by atoms with Gasteiger partial charge in [0.05, 0.1) is 12.7 Å². The summed E-state index contributed by atoms with van der Waals surface area (Å²) < 4.78 is 11.4. The maximum absolute atomic E-state index is 12.3. The largest absolute Gasteiger partial charge is 0.344 e. The van der Waals surface area contributed by atoms with Crippen LogP contribution in [0.3, 0.4) is 0 Å². The fourth-order valence-electron chi connectivity index (χ4n) is 2.35. The molecular formula is C17H30N3O4P. The van der Waals surface area contributed by atoms with Crippen LogP contribution in [0.25, 0.3) is 0 Å². The van der Waals surface area contributed by atoms with Crippen LogP contribution < -0.4 is 11.1 Å². The lowest BCUT2D eigenvalue weighted by atomic mass is 10.0. The van der Waals surface area contributed by atoms with Crippen LogP contribution in [0.2, 0.25) is 0 Å². The monoisotopic (exact) mass is 371 g/mol. The molecule has 1 aromatic carbocycles. The van der Waals surface area contributed by atoms with E-state index in [2.05, 4.69) is 19.2 Å². The number of amides is 1. The minimum absolute atomic E-state index is 0.0542. The summed E-state index contributed by atoms with van der Waals surface area (Å²) in [6.07, 6.45) is 0.0931. The Morgan fingerprint density at radius 3 is 2.40 bits per heavy atom. The standard InChI is InChI=1S/C17H30N3O4P/c1-13(2)15-8-6-14(7-9-15)11-17(21)20(22)16(5-4-10-18)19-12-25(3,23)24/h6-9,13,16,19,22H,4-5,10-12,18H2,1-3H3,(H,23,24). The Morgan fingerprint density at radius 1 is 1.32 bits per heavy atom. The molecule has 0 heterocycles. The molecule has 2 unspecified atom stereocenters. The van der Waals surface area contributed by atoms with Crippen molar-refractivity contribution < 1.29 is 19.5 Å². The maximum Gasteiger partial charge on any atom is 0.251 e. The van der Waals surface area contributed by atoms with Crippen molar-refractivity contribution in [3.05, 3.63) is 35.4 Å². The molecule has 5 N–H and O–H groups in total. The van der Waals surface area contributed by atoms with Crippen LogP contribution in [0.15, 0.2) is 24.3 Å². The molecule has 0 radical (unpaired) electrons. The van der Waals surface area contributed by atoms with E-state index in [1.807, 2.05) is 24.3 Å². The molecule has 0 saturated heterocycles. The second kappa shape index (κ2) is 10.0.